The first-order valence-corrected chi connectivity index (χ1v) is 5.93. The zero-order valence-electron chi connectivity index (χ0n) is 10.9. The Morgan fingerprint density at radius 1 is 1.35 bits per heavy atom. The highest BCUT2D eigenvalue weighted by Crippen LogP contribution is 2.17. The number of hydrogen-bond donors (Lipinski definition) is 3. The Balaban J connectivity index is 2.18. The van der Waals surface area contributed by atoms with Crippen LogP contribution in [0.4, 0.5) is 5.69 Å². The average molecular weight is 273 g/mol. The van der Waals surface area contributed by atoms with E-state index in [1.54, 1.807) is 36.1 Å². The lowest BCUT2D eigenvalue weighted by atomic mass is 10.1. The van der Waals surface area contributed by atoms with Crippen LogP contribution in [0.15, 0.2) is 36.7 Å². The van der Waals surface area contributed by atoms with Gasteiger partial charge in [0.05, 0.1) is 17.4 Å². The largest absolute Gasteiger partial charge is 0.366 e. The molecular weight excluding hydrogens is 258 g/mol. The van der Waals surface area contributed by atoms with Crippen LogP contribution in [0.3, 0.4) is 0 Å². The normalized spacial score (nSPS) is 11.9. The Morgan fingerprint density at radius 2 is 2.05 bits per heavy atom. The lowest BCUT2D eigenvalue weighted by molar-refractivity contribution is -0.117. The van der Waals surface area contributed by atoms with Gasteiger partial charge >= 0.3 is 0 Å². The van der Waals surface area contributed by atoms with E-state index in [0.29, 0.717) is 11.3 Å². The molecule has 7 nitrogen and oxygen atoms in total. The van der Waals surface area contributed by atoms with Gasteiger partial charge < -0.3 is 16.8 Å². The average Bonchev–Trinajstić information content (AvgIpc) is 2.84. The van der Waals surface area contributed by atoms with Crippen LogP contribution in [0.25, 0.3) is 0 Å². The molecule has 0 aliphatic rings. The molecule has 0 saturated heterocycles. The number of rotatable bonds is 4. The van der Waals surface area contributed by atoms with Gasteiger partial charge in [0.2, 0.25) is 5.91 Å². The number of benzene rings is 1. The van der Waals surface area contributed by atoms with Crippen molar-refractivity contribution in [1.82, 2.24) is 9.78 Å². The van der Waals surface area contributed by atoms with Gasteiger partial charge in [-0.25, -0.2) is 0 Å². The van der Waals surface area contributed by atoms with E-state index in [-0.39, 0.29) is 5.56 Å². The van der Waals surface area contributed by atoms with Gasteiger partial charge in [-0.1, -0.05) is 12.1 Å². The fourth-order valence-electron chi connectivity index (χ4n) is 1.77. The van der Waals surface area contributed by atoms with E-state index in [1.807, 2.05) is 0 Å². The van der Waals surface area contributed by atoms with E-state index >= 15 is 0 Å². The molecule has 2 amide bonds. The van der Waals surface area contributed by atoms with Gasteiger partial charge in [-0.15, -0.1) is 0 Å². The maximum atomic E-state index is 12.1. The highest BCUT2D eigenvalue weighted by molar-refractivity contribution is 6.04. The van der Waals surface area contributed by atoms with Crippen molar-refractivity contribution in [1.29, 1.82) is 0 Å². The van der Waals surface area contributed by atoms with Gasteiger partial charge in [0.15, 0.2) is 0 Å². The highest BCUT2D eigenvalue weighted by Gasteiger charge is 2.19. The number of hydrogen-bond acceptors (Lipinski definition) is 4. The summed E-state index contributed by atoms with van der Waals surface area (Å²) < 4.78 is 1.56. The van der Waals surface area contributed by atoms with Crippen LogP contribution in [0.2, 0.25) is 0 Å². The molecule has 0 fully saturated rings. The minimum Gasteiger partial charge on any atom is -0.366 e. The second-order valence-electron chi connectivity index (χ2n) is 4.32. The standard InChI is InChI=1S/C13H15N5O2/c1-18-7-8(6-16-18)11(14)13(20)17-10-5-3-2-4-9(10)12(15)19/h2-7,11H,14H2,1H3,(H2,15,19)(H,17,20). The highest BCUT2D eigenvalue weighted by atomic mass is 16.2. The number of carbonyl (C=O) groups is 2. The van der Waals surface area contributed by atoms with Crippen molar-refractivity contribution in [2.45, 2.75) is 6.04 Å². The van der Waals surface area contributed by atoms with Gasteiger partial charge in [-0.05, 0) is 12.1 Å². The topological polar surface area (TPSA) is 116 Å². The van der Waals surface area contributed by atoms with E-state index in [0.717, 1.165) is 0 Å². The van der Waals surface area contributed by atoms with Gasteiger partial charge in [0, 0.05) is 18.8 Å². The molecule has 104 valence electrons. The van der Waals surface area contributed by atoms with Crippen LogP contribution < -0.4 is 16.8 Å². The van der Waals surface area contributed by atoms with Crippen molar-refractivity contribution < 1.29 is 9.59 Å². The summed E-state index contributed by atoms with van der Waals surface area (Å²) in [6.07, 6.45) is 3.18. The monoisotopic (exact) mass is 273 g/mol. The summed E-state index contributed by atoms with van der Waals surface area (Å²) in [6.45, 7) is 0. The van der Waals surface area contributed by atoms with Crippen molar-refractivity contribution in [3.63, 3.8) is 0 Å². The van der Waals surface area contributed by atoms with Crippen molar-refractivity contribution in [3.8, 4) is 0 Å². The molecule has 0 saturated carbocycles. The maximum absolute atomic E-state index is 12.1. The summed E-state index contributed by atoms with van der Waals surface area (Å²) in [5, 5.41) is 6.55. The molecule has 1 atom stereocenters. The number of amides is 2. The first-order chi connectivity index (χ1) is 9.49. The zero-order valence-corrected chi connectivity index (χ0v) is 10.9. The van der Waals surface area contributed by atoms with Crippen molar-refractivity contribution in [2.75, 3.05) is 5.32 Å². The van der Waals surface area contributed by atoms with Crippen LogP contribution in [-0.4, -0.2) is 21.6 Å². The Hall–Kier alpha value is -2.67. The van der Waals surface area contributed by atoms with Gasteiger partial charge in [-0.2, -0.15) is 5.10 Å². The Bertz CT molecular complexity index is 650. The molecule has 0 spiro atoms. The SMILES string of the molecule is Cn1cc(C(N)C(=O)Nc2ccccc2C(N)=O)cn1. The first kappa shape index (κ1) is 13.8. The second-order valence-corrected chi connectivity index (χ2v) is 4.32. The van der Waals surface area contributed by atoms with Gasteiger partial charge in [0.25, 0.3) is 5.91 Å². The van der Waals surface area contributed by atoms with E-state index in [9.17, 15) is 9.59 Å². The summed E-state index contributed by atoms with van der Waals surface area (Å²) >= 11 is 0. The summed E-state index contributed by atoms with van der Waals surface area (Å²) in [6, 6.07) is 5.61. The molecule has 2 rings (SSSR count). The summed E-state index contributed by atoms with van der Waals surface area (Å²) in [7, 11) is 1.73. The molecular formula is C13H15N5O2. The number of nitrogens with one attached hydrogen (secondary N) is 1. The Kier molecular flexibility index (Phi) is 3.81. The van der Waals surface area contributed by atoms with Crippen LogP contribution in [0.5, 0.6) is 0 Å². The van der Waals surface area contributed by atoms with Crippen molar-refractivity contribution in [3.05, 3.63) is 47.8 Å². The molecule has 20 heavy (non-hydrogen) atoms. The molecule has 5 N–H and O–H groups in total. The van der Waals surface area contributed by atoms with Crippen molar-refractivity contribution in [2.24, 2.45) is 18.5 Å². The molecule has 0 aliphatic heterocycles. The number of anilines is 1. The lowest BCUT2D eigenvalue weighted by Crippen LogP contribution is -2.28. The summed E-state index contributed by atoms with van der Waals surface area (Å²) in [5.41, 5.74) is 12.2. The Labute approximate surface area is 115 Å². The predicted octanol–water partition coefficient (Wildman–Crippen LogP) is 0.157. The number of nitrogens with two attached hydrogens (primary N) is 2. The zero-order chi connectivity index (χ0) is 14.7. The van der Waals surface area contributed by atoms with Gasteiger partial charge in [-0.3, -0.25) is 14.3 Å². The van der Waals surface area contributed by atoms with Crippen LogP contribution in [0.1, 0.15) is 22.0 Å². The van der Waals surface area contributed by atoms with E-state index in [2.05, 4.69) is 10.4 Å². The minimum absolute atomic E-state index is 0.235. The van der Waals surface area contributed by atoms with Crippen LogP contribution in [0, 0.1) is 0 Å². The number of carbonyl (C=O) groups excluding carboxylic acids is 2. The van der Waals surface area contributed by atoms with E-state index in [4.69, 9.17) is 11.5 Å². The molecule has 1 aromatic carbocycles. The van der Waals surface area contributed by atoms with E-state index in [1.165, 1.54) is 12.3 Å². The Morgan fingerprint density at radius 3 is 2.65 bits per heavy atom. The molecule has 0 bridgehead atoms. The number of primary amides is 1. The third kappa shape index (κ3) is 2.83. The molecule has 0 radical (unpaired) electrons. The number of aryl methyl sites for hydroxylation is 1. The lowest BCUT2D eigenvalue weighted by Gasteiger charge is -2.12. The molecule has 0 aliphatic carbocycles. The fourth-order valence-corrected chi connectivity index (χ4v) is 1.77. The predicted molar refractivity (Wildman–Crippen MR) is 73.7 cm³/mol. The number of nitrogens with zero attached hydrogens (tertiary/aromatic N) is 2. The number of aromatic nitrogens is 2. The molecule has 2 aromatic rings. The minimum atomic E-state index is -0.871. The van der Waals surface area contributed by atoms with Crippen molar-refractivity contribution >= 4 is 17.5 Å². The quantitative estimate of drug-likeness (QED) is 0.735. The second kappa shape index (κ2) is 5.54. The molecule has 1 unspecified atom stereocenters. The summed E-state index contributed by atoms with van der Waals surface area (Å²) in [4.78, 5) is 23.3. The van der Waals surface area contributed by atoms with Gasteiger partial charge in [0.1, 0.15) is 6.04 Å². The smallest absolute Gasteiger partial charge is 0.250 e. The third-order valence-corrected chi connectivity index (χ3v) is 2.82. The maximum Gasteiger partial charge on any atom is 0.250 e. The third-order valence-electron chi connectivity index (χ3n) is 2.82. The fraction of sp³-hybridized carbons (Fsp3) is 0.154. The first-order valence-electron chi connectivity index (χ1n) is 5.93. The summed E-state index contributed by atoms with van der Waals surface area (Å²) in [5.74, 6) is -1.05. The molecule has 1 heterocycles. The molecule has 1 aromatic heterocycles. The number of para-hydroxylation sites is 1. The van der Waals surface area contributed by atoms with E-state index < -0.39 is 17.9 Å². The van der Waals surface area contributed by atoms with Crippen LogP contribution >= 0.6 is 0 Å². The van der Waals surface area contributed by atoms with Crippen LogP contribution in [-0.2, 0) is 11.8 Å². The molecule has 7 heteroatoms.